The third-order valence-electron chi connectivity index (χ3n) is 6.26. The van der Waals surface area contributed by atoms with Crippen molar-refractivity contribution < 1.29 is 14.3 Å². The van der Waals surface area contributed by atoms with Crippen molar-refractivity contribution in [2.75, 3.05) is 63.7 Å². The molecule has 0 aliphatic carbocycles. The van der Waals surface area contributed by atoms with Gasteiger partial charge >= 0.3 is 6.09 Å². The van der Waals surface area contributed by atoms with Crippen molar-refractivity contribution in [3.05, 3.63) is 29.6 Å². The van der Waals surface area contributed by atoms with Gasteiger partial charge in [0.15, 0.2) is 5.82 Å². The van der Waals surface area contributed by atoms with Gasteiger partial charge in [0.05, 0.1) is 13.2 Å². The first-order valence-corrected chi connectivity index (χ1v) is 13.5. The number of carbonyl (C=O) groups is 1. The third-order valence-corrected chi connectivity index (χ3v) is 6.26. The molecule has 0 bridgehead atoms. The first-order valence-electron chi connectivity index (χ1n) is 13.5. The van der Waals surface area contributed by atoms with Crippen molar-refractivity contribution in [2.24, 2.45) is 0 Å². The molecular weight excluding hydrogens is 498 g/mol. The molecule has 0 saturated carbocycles. The minimum atomic E-state index is -0.509. The Hall–Kier alpha value is -3.51. The fourth-order valence-corrected chi connectivity index (χ4v) is 4.34. The van der Waals surface area contributed by atoms with Crippen molar-refractivity contribution in [3.63, 3.8) is 0 Å². The molecule has 0 spiro atoms. The van der Waals surface area contributed by atoms with Gasteiger partial charge in [-0.1, -0.05) is 0 Å². The molecule has 1 aliphatic rings. The molecule has 12 heteroatoms. The summed E-state index contributed by atoms with van der Waals surface area (Å²) in [5, 5.41) is 8.39. The summed E-state index contributed by atoms with van der Waals surface area (Å²) in [4.78, 5) is 32.7. The average molecular weight is 540 g/mol. The van der Waals surface area contributed by atoms with Gasteiger partial charge in [-0.3, -0.25) is 9.58 Å². The van der Waals surface area contributed by atoms with Gasteiger partial charge < -0.3 is 24.6 Å². The zero-order chi connectivity index (χ0) is 28.2. The lowest BCUT2D eigenvalue weighted by atomic mass is 10.2. The highest BCUT2D eigenvalue weighted by molar-refractivity contribution is 5.90. The van der Waals surface area contributed by atoms with Crippen LogP contribution in [0.2, 0.25) is 0 Å². The molecule has 3 aromatic rings. The van der Waals surface area contributed by atoms with Gasteiger partial charge in [-0.05, 0) is 52.3 Å². The molecule has 1 aliphatic heterocycles. The number of aryl methyl sites for hydroxylation is 1. The van der Waals surface area contributed by atoms with Crippen LogP contribution in [0.5, 0.6) is 0 Å². The summed E-state index contributed by atoms with van der Waals surface area (Å²) in [7, 11) is 3.84. The number of hydrogen-bond donors (Lipinski definition) is 1. The SMILES string of the molecule is CCOCCn1nc(CN2CCN(C(=O)OC(C)(C)C)CC2)c2nc(N(C)C)nc(Nc3cc(C)ccn3)c21. The molecule has 1 saturated heterocycles. The van der Waals surface area contributed by atoms with Crippen LogP contribution in [0.25, 0.3) is 11.0 Å². The standard InChI is InChI=1S/C27H41N9O3/c1-8-38-16-15-36-23-22(30-25(33(6)7)31-24(23)29-21-17-19(2)9-10-28-21)20(32-36)18-34-11-13-35(14-12-34)26(37)39-27(3,4)5/h9-10,17H,8,11-16,18H2,1-7H3,(H,28,29,30,31). The quantitative estimate of drug-likeness (QED) is 0.406. The summed E-state index contributed by atoms with van der Waals surface area (Å²) in [5.41, 5.74) is 3.05. The Bertz CT molecular complexity index is 1280. The molecule has 0 radical (unpaired) electrons. The zero-order valence-corrected chi connectivity index (χ0v) is 24.2. The van der Waals surface area contributed by atoms with Gasteiger partial charge in [-0.25, -0.2) is 14.8 Å². The summed E-state index contributed by atoms with van der Waals surface area (Å²) in [6, 6.07) is 3.94. The van der Waals surface area contributed by atoms with E-state index in [0.717, 1.165) is 35.4 Å². The predicted molar refractivity (Wildman–Crippen MR) is 151 cm³/mol. The number of ether oxygens (including phenoxy) is 2. The minimum Gasteiger partial charge on any atom is -0.444 e. The summed E-state index contributed by atoms with van der Waals surface area (Å²) in [5.74, 6) is 1.93. The fraction of sp³-hybridized carbons (Fsp3) is 0.593. The van der Waals surface area contributed by atoms with Crippen LogP contribution < -0.4 is 10.2 Å². The Balaban J connectivity index is 1.63. The third kappa shape index (κ3) is 7.33. The van der Waals surface area contributed by atoms with Crippen LogP contribution >= 0.6 is 0 Å². The molecule has 12 nitrogen and oxygen atoms in total. The maximum atomic E-state index is 12.5. The van der Waals surface area contributed by atoms with Gasteiger partial charge in [0.25, 0.3) is 0 Å². The number of pyridine rings is 1. The second-order valence-corrected chi connectivity index (χ2v) is 10.9. The number of hydrogen-bond acceptors (Lipinski definition) is 10. The number of carbonyl (C=O) groups excluding carboxylic acids is 1. The maximum Gasteiger partial charge on any atom is 0.410 e. The van der Waals surface area contributed by atoms with Crippen molar-refractivity contribution in [1.29, 1.82) is 0 Å². The van der Waals surface area contributed by atoms with Crippen LogP contribution in [0.1, 0.15) is 39.0 Å². The second kappa shape index (κ2) is 12.1. The van der Waals surface area contributed by atoms with E-state index >= 15 is 0 Å². The van der Waals surface area contributed by atoms with E-state index in [9.17, 15) is 4.79 Å². The van der Waals surface area contributed by atoms with Gasteiger partial charge in [-0.15, -0.1) is 0 Å². The first kappa shape index (κ1) is 28.5. The van der Waals surface area contributed by atoms with Gasteiger partial charge in [0, 0.05) is 59.6 Å². The summed E-state index contributed by atoms with van der Waals surface area (Å²) in [6.07, 6.45) is 1.51. The molecule has 0 atom stereocenters. The molecule has 0 aromatic carbocycles. The van der Waals surface area contributed by atoms with Crippen LogP contribution in [0, 0.1) is 6.92 Å². The summed E-state index contributed by atoms with van der Waals surface area (Å²) in [6.45, 7) is 14.6. The lowest BCUT2D eigenvalue weighted by Gasteiger charge is -2.35. The number of nitrogens with zero attached hydrogens (tertiary/aromatic N) is 8. The van der Waals surface area contributed by atoms with E-state index in [1.807, 2.05) is 70.4 Å². The number of amides is 1. The predicted octanol–water partition coefficient (Wildman–Crippen LogP) is 3.43. The lowest BCUT2D eigenvalue weighted by Crippen LogP contribution is -2.49. The van der Waals surface area contributed by atoms with E-state index in [1.54, 1.807) is 11.1 Å². The largest absolute Gasteiger partial charge is 0.444 e. The highest BCUT2D eigenvalue weighted by atomic mass is 16.6. The van der Waals surface area contributed by atoms with Crippen molar-refractivity contribution >= 4 is 34.7 Å². The van der Waals surface area contributed by atoms with E-state index in [-0.39, 0.29) is 6.09 Å². The number of aromatic nitrogens is 5. The number of rotatable bonds is 9. The van der Waals surface area contributed by atoms with Crippen LogP contribution in [0.15, 0.2) is 18.3 Å². The number of anilines is 3. The number of piperazine rings is 1. The van der Waals surface area contributed by atoms with Crippen LogP contribution in [-0.2, 0) is 22.6 Å². The van der Waals surface area contributed by atoms with Crippen molar-refractivity contribution in [1.82, 2.24) is 34.5 Å². The number of nitrogens with one attached hydrogen (secondary N) is 1. The number of fused-ring (bicyclic) bond motifs is 1. The van der Waals surface area contributed by atoms with E-state index in [4.69, 9.17) is 24.5 Å². The maximum absolute atomic E-state index is 12.5. The van der Waals surface area contributed by atoms with Gasteiger partial charge in [-0.2, -0.15) is 10.1 Å². The van der Waals surface area contributed by atoms with E-state index < -0.39 is 5.60 Å². The summed E-state index contributed by atoms with van der Waals surface area (Å²) < 4.78 is 13.1. The highest BCUT2D eigenvalue weighted by Gasteiger charge is 2.27. The monoisotopic (exact) mass is 539 g/mol. The molecule has 3 aromatic heterocycles. The van der Waals surface area contributed by atoms with Crippen LogP contribution in [0.4, 0.5) is 22.4 Å². The molecule has 4 rings (SSSR count). The molecule has 1 amide bonds. The Morgan fingerprint density at radius 1 is 1.15 bits per heavy atom. The fourth-order valence-electron chi connectivity index (χ4n) is 4.34. The topological polar surface area (TPSA) is 114 Å². The van der Waals surface area contributed by atoms with Crippen LogP contribution in [0.3, 0.4) is 0 Å². The Morgan fingerprint density at radius 2 is 1.90 bits per heavy atom. The highest BCUT2D eigenvalue weighted by Crippen LogP contribution is 2.29. The second-order valence-electron chi connectivity index (χ2n) is 10.9. The van der Waals surface area contributed by atoms with Crippen LogP contribution in [-0.4, -0.2) is 99.7 Å². The first-order chi connectivity index (χ1) is 18.5. The van der Waals surface area contributed by atoms with E-state index in [0.29, 0.717) is 57.0 Å². The van der Waals surface area contributed by atoms with Crippen molar-refractivity contribution in [3.8, 4) is 0 Å². The van der Waals surface area contributed by atoms with Gasteiger partial charge in [0.2, 0.25) is 5.95 Å². The normalized spacial score (nSPS) is 14.6. The Kier molecular flexibility index (Phi) is 8.86. The zero-order valence-electron chi connectivity index (χ0n) is 24.2. The molecule has 4 heterocycles. The van der Waals surface area contributed by atoms with E-state index in [1.165, 1.54) is 0 Å². The van der Waals surface area contributed by atoms with E-state index in [2.05, 4.69) is 15.2 Å². The minimum absolute atomic E-state index is 0.267. The smallest absolute Gasteiger partial charge is 0.410 e. The average Bonchev–Trinajstić information content (AvgIpc) is 3.21. The Labute approximate surface area is 230 Å². The molecule has 1 fully saturated rings. The molecular formula is C27H41N9O3. The molecule has 39 heavy (non-hydrogen) atoms. The molecule has 0 unspecified atom stereocenters. The lowest BCUT2D eigenvalue weighted by molar-refractivity contribution is 0.0138. The summed E-state index contributed by atoms with van der Waals surface area (Å²) >= 11 is 0. The van der Waals surface area contributed by atoms with Gasteiger partial charge in [0.1, 0.15) is 28.1 Å². The Morgan fingerprint density at radius 3 is 2.54 bits per heavy atom. The van der Waals surface area contributed by atoms with Crippen molar-refractivity contribution in [2.45, 2.75) is 53.3 Å². The molecule has 1 N–H and O–H groups in total. The molecule has 212 valence electrons.